The van der Waals surface area contributed by atoms with E-state index in [9.17, 15) is 4.79 Å². The van der Waals surface area contributed by atoms with Gasteiger partial charge < -0.3 is 9.47 Å². The Balaban J connectivity index is 2.69. The lowest BCUT2D eigenvalue weighted by Crippen LogP contribution is -2.00. The maximum Gasteiger partial charge on any atom is 0.438 e. The van der Waals surface area contributed by atoms with Gasteiger partial charge in [0.15, 0.2) is 0 Å². The van der Waals surface area contributed by atoms with Gasteiger partial charge in [-0.25, -0.2) is 4.79 Å². The molecule has 0 aliphatic rings. The van der Waals surface area contributed by atoms with Crippen LogP contribution >= 0.6 is 0 Å². The van der Waals surface area contributed by atoms with Crippen LogP contribution in [0.3, 0.4) is 0 Å². The normalized spacial score (nSPS) is 9.00. The van der Waals surface area contributed by atoms with Crippen LogP contribution in [0.4, 0.5) is 4.79 Å². The van der Waals surface area contributed by atoms with Crippen molar-refractivity contribution in [3.63, 3.8) is 0 Å². The first-order valence-electron chi connectivity index (χ1n) is 3.59. The van der Waals surface area contributed by atoms with Crippen LogP contribution in [0.5, 0.6) is 11.5 Å². The third kappa shape index (κ3) is 2.59. The van der Waals surface area contributed by atoms with E-state index in [0.29, 0.717) is 11.5 Å². The molecule has 0 saturated heterocycles. The van der Waals surface area contributed by atoms with Crippen LogP contribution in [0.2, 0.25) is 0 Å². The van der Waals surface area contributed by atoms with E-state index >= 15 is 0 Å². The summed E-state index contributed by atoms with van der Waals surface area (Å²) in [5.74, 6) is 1.12. The average Bonchev–Trinajstić information content (AvgIpc) is 2.19. The molecule has 1 amide bonds. The third-order valence-corrected chi connectivity index (χ3v) is 1.39. The van der Waals surface area contributed by atoms with Crippen molar-refractivity contribution in [3.8, 4) is 11.5 Å². The van der Waals surface area contributed by atoms with Gasteiger partial charge in [0.2, 0.25) is 0 Å². The number of nitrogens with zero attached hydrogens (tertiary/aromatic N) is 1. The first-order chi connectivity index (χ1) is 6.26. The smallest absolute Gasteiger partial charge is 0.438 e. The molecular formula is C9H9NO3. The predicted octanol–water partition coefficient (Wildman–Crippen LogP) is 1.89. The summed E-state index contributed by atoms with van der Waals surface area (Å²) in [6.45, 7) is 3.04. The highest BCUT2D eigenvalue weighted by molar-refractivity contribution is 5.75. The Kier molecular flexibility index (Phi) is 3.03. The van der Waals surface area contributed by atoms with E-state index in [-0.39, 0.29) is 0 Å². The molecule has 0 fully saturated rings. The average molecular weight is 179 g/mol. The molecule has 0 aliphatic heterocycles. The number of rotatable bonds is 2. The van der Waals surface area contributed by atoms with Crippen molar-refractivity contribution in [1.29, 1.82) is 0 Å². The molecule has 68 valence electrons. The zero-order chi connectivity index (χ0) is 9.68. The Labute approximate surface area is 75.8 Å². The van der Waals surface area contributed by atoms with Crippen LogP contribution < -0.4 is 9.47 Å². The molecular weight excluding hydrogens is 170 g/mol. The SMILES string of the molecule is C=NC(=O)Oc1ccc(OC)cc1. The number of aliphatic imine (C=N–C) groups is 1. The fourth-order valence-electron chi connectivity index (χ4n) is 0.777. The summed E-state index contributed by atoms with van der Waals surface area (Å²) < 4.78 is 9.66. The second kappa shape index (κ2) is 4.25. The van der Waals surface area contributed by atoms with Gasteiger partial charge >= 0.3 is 6.09 Å². The fourth-order valence-corrected chi connectivity index (χ4v) is 0.777. The van der Waals surface area contributed by atoms with Crippen LogP contribution in [-0.4, -0.2) is 19.9 Å². The zero-order valence-corrected chi connectivity index (χ0v) is 7.19. The molecule has 0 saturated carbocycles. The van der Waals surface area contributed by atoms with Gasteiger partial charge in [0.05, 0.1) is 7.11 Å². The molecule has 0 N–H and O–H groups in total. The van der Waals surface area contributed by atoms with Crippen molar-refractivity contribution < 1.29 is 14.3 Å². The lowest BCUT2D eigenvalue weighted by molar-refractivity contribution is 0.211. The number of carbonyl (C=O) groups excluding carboxylic acids is 1. The lowest BCUT2D eigenvalue weighted by atomic mass is 10.3. The highest BCUT2D eigenvalue weighted by Gasteiger charge is 1.99. The standard InChI is InChI=1S/C9H9NO3/c1-10-9(11)13-8-5-3-7(12-2)4-6-8/h3-6H,1H2,2H3. The lowest BCUT2D eigenvalue weighted by Gasteiger charge is -2.01. The van der Waals surface area contributed by atoms with Crippen molar-refractivity contribution in [2.45, 2.75) is 0 Å². The Morgan fingerprint density at radius 1 is 1.31 bits per heavy atom. The van der Waals surface area contributed by atoms with E-state index in [2.05, 4.69) is 11.7 Å². The van der Waals surface area contributed by atoms with Crippen LogP contribution in [0.25, 0.3) is 0 Å². The van der Waals surface area contributed by atoms with Crippen LogP contribution in [-0.2, 0) is 0 Å². The van der Waals surface area contributed by atoms with Crippen molar-refractivity contribution in [3.05, 3.63) is 24.3 Å². The van der Waals surface area contributed by atoms with Gasteiger partial charge in [0.1, 0.15) is 11.5 Å². The van der Waals surface area contributed by atoms with E-state index in [1.54, 1.807) is 31.4 Å². The van der Waals surface area contributed by atoms with Crippen molar-refractivity contribution >= 4 is 12.8 Å². The number of hydrogen-bond donors (Lipinski definition) is 0. The van der Waals surface area contributed by atoms with Gasteiger partial charge in [-0.2, -0.15) is 4.99 Å². The van der Waals surface area contributed by atoms with E-state index in [1.165, 1.54) is 0 Å². The largest absolute Gasteiger partial charge is 0.497 e. The number of methoxy groups -OCH3 is 1. The van der Waals surface area contributed by atoms with Crippen molar-refractivity contribution in [1.82, 2.24) is 0 Å². The predicted molar refractivity (Wildman–Crippen MR) is 48.6 cm³/mol. The monoisotopic (exact) mass is 179 g/mol. The molecule has 0 heterocycles. The first kappa shape index (κ1) is 9.25. The number of amides is 1. The molecule has 4 heteroatoms. The van der Waals surface area contributed by atoms with Gasteiger partial charge in [-0.3, -0.25) is 0 Å². The molecule has 4 nitrogen and oxygen atoms in total. The summed E-state index contributed by atoms with van der Waals surface area (Å²) in [7, 11) is 1.56. The molecule has 0 aromatic heterocycles. The van der Waals surface area contributed by atoms with Crippen LogP contribution in [0.15, 0.2) is 29.3 Å². The maximum atomic E-state index is 10.7. The van der Waals surface area contributed by atoms with Gasteiger partial charge in [-0.1, -0.05) is 0 Å². The van der Waals surface area contributed by atoms with Gasteiger partial charge in [0.25, 0.3) is 0 Å². The summed E-state index contributed by atoms with van der Waals surface area (Å²) in [6.07, 6.45) is -0.717. The van der Waals surface area contributed by atoms with E-state index in [0.717, 1.165) is 0 Å². The quantitative estimate of drug-likeness (QED) is 0.651. The molecule has 1 aromatic rings. The van der Waals surface area contributed by atoms with Gasteiger partial charge in [-0.15, -0.1) is 0 Å². The Morgan fingerprint density at radius 2 is 1.85 bits per heavy atom. The van der Waals surface area contributed by atoms with Gasteiger partial charge in [0, 0.05) is 0 Å². The fraction of sp³-hybridized carbons (Fsp3) is 0.111. The minimum atomic E-state index is -0.717. The highest BCUT2D eigenvalue weighted by Crippen LogP contribution is 2.17. The Bertz CT molecular complexity index is 305. The van der Waals surface area contributed by atoms with E-state index in [1.807, 2.05) is 0 Å². The molecule has 0 bridgehead atoms. The first-order valence-corrected chi connectivity index (χ1v) is 3.59. The molecule has 0 unspecified atom stereocenters. The number of carbonyl (C=O) groups is 1. The minimum Gasteiger partial charge on any atom is -0.497 e. The molecule has 13 heavy (non-hydrogen) atoms. The summed E-state index contributed by atoms with van der Waals surface area (Å²) in [5, 5.41) is 0. The van der Waals surface area contributed by atoms with Crippen LogP contribution in [0, 0.1) is 0 Å². The second-order valence-electron chi connectivity index (χ2n) is 2.20. The molecule has 1 aromatic carbocycles. The number of hydrogen-bond acceptors (Lipinski definition) is 3. The van der Waals surface area contributed by atoms with Crippen molar-refractivity contribution in [2.24, 2.45) is 4.99 Å². The Hall–Kier alpha value is -1.84. The third-order valence-electron chi connectivity index (χ3n) is 1.39. The van der Waals surface area contributed by atoms with Gasteiger partial charge in [-0.05, 0) is 31.0 Å². The Morgan fingerprint density at radius 3 is 2.31 bits per heavy atom. The summed E-state index contributed by atoms with van der Waals surface area (Å²) in [6, 6.07) is 6.60. The topological polar surface area (TPSA) is 47.9 Å². The molecule has 0 radical (unpaired) electrons. The van der Waals surface area contributed by atoms with Crippen LogP contribution in [0.1, 0.15) is 0 Å². The molecule has 0 spiro atoms. The summed E-state index contributed by atoms with van der Waals surface area (Å²) in [5.41, 5.74) is 0. The van der Waals surface area contributed by atoms with Crippen molar-refractivity contribution in [2.75, 3.05) is 7.11 Å². The van der Waals surface area contributed by atoms with E-state index in [4.69, 9.17) is 9.47 Å². The maximum absolute atomic E-state index is 10.7. The summed E-state index contributed by atoms with van der Waals surface area (Å²) in [4.78, 5) is 13.7. The molecule has 0 atom stereocenters. The summed E-state index contributed by atoms with van der Waals surface area (Å²) >= 11 is 0. The second-order valence-corrected chi connectivity index (χ2v) is 2.20. The number of benzene rings is 1. The highest BCUT2D eigenvalue weighted by atomic mass is 16.5. The molecule has 0 aliphatic carbocycles. The minimum absolute atomic E-state index is 0.415. The zero-order valence-electron chi connectivity index (χ0n) is 7.19. The molecule has 1 rings (SSSR count). The number of ether oxygens (including phenoxy) is 2. The van der Waals surface area contributed by atoms with E-state index < -0.39 is 6.09 Å².